The number of carbonyl (C=O) groups excluding carboxylic acids is 1. The van der Waals surface area contributed by atoms with E-state index < -0.39 is 0 Å². The van der Waals surface area contributed by atoms with Gasteiger partial charge in [-0.25, -0.2) is 4.98 Å². The SMILES string of the molecule is C=CC(=O)NCCc1nc2ccccc2n1CCCCOc1ccc(/C=C/C)cc1OC. The lowest BCUT2D eigenvalue weighted by Crippen LogP contribution is -2.24. The molecule has 0 atom stereocenters. The number of aryl methyl sites for hydroxylation is 1. The number of nitrogens with one attached hydrogen (secondary N) is 1. The van der Waals surface area contributed by atoms with Crippen molar-refractivity contribution in [2.75, 3.05) is 20.3 Å². The highest BCUT2D eigenvalue weighted by molar-refractivity contribution is 5.86. The Hall–Kier alpha value is -3.54. The second kappa shape index (κ2) is 11.7. The summed E-state index contributed by atoms with van der Waals surface area (Å²) in [4.78, 5) is 16.2. The summed E-state index contributed by atoms with van der Waals surface area (Å²) in [5.41, 5.74) is 3.17. The maximum absolute atomic E-state index is 11.4. The predicted octanol–water partition coefficient (Wildman–Crippen LogP) is 4.78. The van der Waals surface area contributed by atoms with Crippen LogP contribution in [-0.4, -0.2) is 35.7 Å². The van der Waals surface area contributed by atoms with Crippen molar-refractivity contribution >= 4 is 23.0 Å². The number of rotatable bonds is 12. The van der Waals surface area contributed by atoms with Crippen molar-refractivity contribution in [1.29, 1.82) is 0 Å². The molecule has 3 aromatic rings. The molecule has 6 nitrogen and oxygen atoms in total. The molecule has 6 heteroatoms. The number of hydrogen-bond acceptors (Lipinski definition) is 4. The van der Waals surface area contributed by atoms with Crippen LogP contribution < -0.4 is 14.8 Å². The Bertz CT molecular complexity index is 1090. The number of fused-ring (bicyclic) bond motifs is 1. The molecule has 0 bridgehead atoms. The Morgan fingerprint density at radius 1 is 1.19 bits per heavy atom. The zero-order valence-electron chi connectivity index (χ0n) is 18.8. The van der Waals surface area contributed by atoms with Gasteiger partial charge in [0.2, 0.25) is 5.91 Å². The lowest BCUT2D eigenvalue weighted by molar-refractivity contribution is -0.116. The number of amides is 1. The minimum Gasteiger partial charge on any atom is -0.493 e. The normalized spacial score (nSPS) is 11.1. The van der Waals surface area contributed by atoms with Crippen LogP contribution in [0.25, 0.3) is 17.1 Å². The van der Waals surface area contributed by atoms with Crippen molar-refractivity contribution in [3.05, 3.63) is 72.6 Å². The van der Waals surface area contributed by atoms with Crippen molar-refractivity contribution in [2.24, 2.45) is 0 Å². The third-order valence-electron chi connectivity index (χ3n) is 5.15. The van der Waals surface area contributed by atoms with Gasteiger partial charge in [0.1, 0.15) is 5.82 Å². The molecule has 0 fully saturated rings. The molecule has 0 saturated heterocycles. The predicted molar refractivity (Wildman–Crippen MR) is 129 cm³/mol. The van der Waals surface area contributed by atoms with E-state index in [0.717, 1.165) is 53.3 Å². The van der Waals surface area contributed by atoms with E-state index >= 15 is 0 Å². The molecule has 1 aromatic heterocycles. The van der Waals surface area contributed by atoms with Gasteiger partial charge >= 0.3 is 0 Å². The average molecular weight is 434 g/mol. The van der Waals surface area contributed by atoms with E-state index in [4.69, 9.17) is 14.5 Å². The first kappa shape index (κ1) is 23.1. The van der Waals surface area contributed by atoms with Crippen molar-refractivity contribution in [1.82, 2.24) is 14.9 Å². The second-order valence-electron chi connectivity index (χ2n) is 7.38. The van der Waals surface area contributed by atoms with Crippen LogP contribution in [0.15, 0.2) is 61.2 Å². The molecule has 0 aliphatic rings. The van der Waals surface area contributed by atoms with E-state index in [2.05, 4.69) is 22.5 Å². The summed E-state index contributed by atoms with van der Waals surface area (Å²) in [5, 5.41) is 2.82. The number of allylic oxidation sites excluding steroid dienone is 1. The van der Waals surface area contributed by atoms with Gasteiger partial charge in [0.05, 0.1) is 24.8 Å². The standard InChI is InChI=1S/C26H31N3O3/c1-4-10-20-13-14-23(24(19-20)31-3)32-18-9-8-17-29-22-12-7-6-11-21(22)28-25(29)15-16-27-26(30)5-2/h4-7,10-14,19H,2,8-9,15-18H2,1,3H3,(H,27,30)/b10-4+. The van der Waals surface area contributed by atoms with Crippen LogP contribution in [0.5, 0.6) is 11.5 Å². The summed E-state index contributed by atoms with van der Waals surface area (Å²) in [6, 6.07) is 14.1. The van der Waals surface area contributed by atoms with E-state index in [0.29, 0.717) is 19.6 Å². The van der Waals surface area contributed by atoms with E-state index in [1.54, 1.807) is 7.11 Å². The van der Waals surface area contributed by atoms with Crippen molar-refractivity contribution in [3.63, 3.8) is 0 Å². The minimum atomic E-state index is -0.168. The van der Waals surface area contributed by atoms with Crippen LogP contribution in [0.4, 0.5) is 0 Å². The fourth-order valence-electron chi connectivity index (χ4n) is 3.59. The summed E-state index contributed by atoms with van der Waals surface area (Å²) in [6.07, 6.45) is 7.83. The molecular formula is C26H31N3O3. The van der Waals surface area contributed by atoms with Crippen LogP contribution in [0, 0.1) is 0 Å². The first-order valence-corrected chi connectivity index (χ1v) is 10.9. The molecule has 0 aliphatic carbocycles. The Balaban J connectivity index is 1.57. The smallest absolute Gasteiger partial charge is 0.243 e. The molecule has 3 rings (SSSR count). The molecule has 2 aromatic carbocycles. The monoisotopic (exact) mass is 433 g/mol. The van der Waals surface area contributed by atoms with Crippen LogP contribution in [-0.2, 0) is 17.8 Å². The number of nitrogens with zero attached hydrogens (tertiary/aromatic N) is 2. The second-order valence-corrected chi connectivity index (χ2v) is 7.38. The Labute approximate surface area is 189 Å². The summed E-state index contributed by atoms with van der Waals surface area (Å²) in [6.45, 7) is 7.45. The molecule has 168 valence electrons. The third kappa shape index (κ3) is 6.00. The number of aromatic nitrogens is 2. The third-order valence-corrected chi connectivity index (χ3v) is 5.15. The van der Waals surface area contributed by atoms with Gasteiger partial charge in [0.15, 0.2) is 11.5 Å². The Morgan fingerprint density at radius 2 is 2.03 bits per heavy atom. The van der Waals surface area contributed by atoms with Gasteiger partial charge in [-0.1, -0.05) is 36.9 Å². The Morgan fingerprint density at radius 3 is 2.81 bits per heavy atom. The van der Waals surface area contributed by atoms with Crippen LogP contribution in [0.2, 0.25) is 0 Å². The van der Waals surface area contributed by atoms with Gasteiger partial charge in [0, 0.05) is 19.5 Å². The molecule has 1 heterocycles. The van der Waals surface area contributed by atoms with Gasteiger partial charge in [-0.15, -0.1) is 0 Å². The Kier molecular flexibility index (Phi) is 8.49. The molecule has 0 unspecified atom stereocenters. The van der Waals surface area contributed by atoms with Gasteiger partial charge in [-0.3, -0.25) is 4.79 Å². The quantitative estimate of drug-likeness (QED) is 0.330. The number of para-hydroxylation sites is 2. The van der Waals surface area contributed by atoms with Crippen molar-refractivity contribution < 1.29 is 14.3 Å². The molecule has 32 heavy (non-hydrogen) atoms. The van der Waals surface area contributed by atoms with Gasteiger partial charge in [0.25, 0.3) is 0 Å². The molecule has 0 radical (unpaired) electrons. The minimum absolute atomic E-state index is 0.168. The largest absolute Gasteiger partial charge is 0.493 e. The molecule has 1 N–H and O–H groups in total. The fourth-order valence-corrected chi connectivity index (χ4v) is 3.59. The topological polar surface area (TPSA) is 65.4 Å². The molecule has 0 spiro atoms. The first-order chi connectivity index (χ1) is 15.7. The van der Waals surface area contributed by atoms with Crippen LogP contribution >= 0.6 is 0 Å². The molecular weight excluding hydrogens is 402 g/mol. The summed E-state index contributed by atoms with van der Waals surface area (Å²) in [7, 11) is 1.66. The van der Waals surface area contributed by atoms with Crippen molar-refractivity contribution in [3.8, 4) is 11.5 Å². The molecule has 0 aliphatic heterocycles. The maximum atomic E-state index is 11.4. The number of benzene rings is 2. The van der Waals surface area contributed by atoms with Gasteiger partial charge in [-0.05, 0) is 55.7 Å². The summed E-state index contributed by atoms with van der Waals surface area (Å²) < 4.78 is 13.7. The van der Waals surface area contributed by atoms with Gasteiger partial charge < -0.3 is 19.4 Å². The van der Waals surface area contributed by atoms with E-state index in [1.165, 1.54) is 6.08 Å². The summed E-state index contributed by atoms with van der Waals surface area (Å²) >= 11 is 0. The number of methoxy groups -OCH3 is 1. The number of unbranched alkanes of at least 4 members (excludes halogenated alkanes) is 1. The highest BCUT2D eigenvalue weighted by atomic mass is 16.5. The zero-order chi connectivity index (χ0) is 22.8. The summed E-state index contributed by atoms with van der Waals surface area (Å²) in [5.74, 6) is 2.30. The highest BCUT2D eigenvalue weighted by Gasteiger charge is 2.11. The highest BCUT2D eigenvalue weighted by Crippen LogP contribution is 2.28. The number of imidazole rings is 1. The maximum Gasteiger partial charge on any atom is 0.243 e. The van der Waals surface area contributed by atoms with Crippen LogP contribution in [0.1, 0.15) is 31.2 Å². The lowest BCUT2D eigenvalue weighted by Gasteiger charge is -2.12. The number of hydrogen-bond donors (Lipinski definition) is 1. The zero-order valence-corrected chi connectivity index (χ0v) is 18.8. The average Bonchev–Trinajstić information content (AvgIpc) is 3.16. The van der Waals surface area contributed by atoms with Crippen molar-refractivity contribution in [2.45, 2.75) is 32.7 Å². The van der Waals surface area contributed by atoms with Gasteiger partial charge in [-0.2, -0.15) is 0 Å². The van der Waals surface area contributed by atoms with E-state index in [1.807, 2.05) is 55.5 Å². The van der Waals surface area contributed by atoms with Crippen LogP contribution in [0.3, 0.4) is 0 Å². The number of carbonyl (C=O) groups is 1. The fraction of sp³-hybridized carbons (Fsp3) is 0.308. The molecule has 0 saturated carbocycles. The number of ether oxygens (including phenoxy) is 2. The lowest BCUT2D eigenvalue weighted by atomic mass is 10.2. The molecule has 1 amide bonds. The van der Waals surface area contributed by atoms with E-state index in [-0.39, 0.29) is 5.91 Å². The van der Waals surface area contributed by atoms with E-state index in [9.17, 15) is 4.79 Å². The first-order valence-electron chi connectivity index (χ1n) is 10.9.